The van der Waals surface area contributed by atoms with Crippen molar-refractivity contribution in [3.63, 3.8) is 0 Å². The Labute approximate surface area is 109 Å². The summed E-state index contributed by atoms with van der Waals surface area (Å²) in [5, 5.41) is 0. The number of unbranched alkanes of at least 4 members (excludes halogenated alkanes) is 3. The zero-order valence-corrected chi connectivity index (χ0v) is 10.7. The molecule has 0 amide bonds. The minimum absolute atomic E-state index is 0.549. The van der Waals surface area contributed by atoms with Gasteiger partial charge < -0.3 is 9.53 Å². The summed E-state index contributed by atoms with van der Waals surface area (Å²) in [5.74, 6) is 6.05. The van der Waals surface area contributed by atoms with Gasteiger partial charge in [0.15, 0.2) is 0 Å². The highest BCUT2D eigenvalue weighted by molar-refractivity contribution is 5.49. The molecule has 96 valence electrons. The van der Waals surface area contributed by atoms with Crippen LogP contribution in [0.15, 0.2) is 30.3 Å². The molecule has 0 radical (unpaired) electrons. The molecule has 0 aromatic heterocycles. The van der Waals surface area contributed by atoms with E-state index in [0.717, 1.165) is 32.2 Å². The molecular weight excluding hydrogens is 224 g/mol. The summed E-state index contributed by atoms with van der Waals surface area (Å²) < 4.78 is 5.57. The molecule has 1 rings (SSSR count). The van der Waals surface area contributed by atoms with Crippen molar-refractivity contribution in [3.8, 4) is 11.8 Å². The molecule has 0 bridgehead atoms. The second-order valence-corrected chi connectivity index (χ2v) is 4.05. The summed E-state index contributed by atoms with van der Waals surface area (Å²) in [6.45, 7) is 1.47. The van der Waals surface area contributed by atoms with Gasteiger partial charge in [-0.1, -0.05) is 30.3 Å². The van der Waals surface area contributed by atoms with E-state index in [1.165, 1.54) is 5.56 Å². The number of hydrogen-bond donors (Lipinski definition) is 0. The number of carbonyl (C=O) groups is 1. The first-order valence-electron chi connectivity index (χ1n) is 6.44. The van der Waals surface area contributed by atoms with Gasteiger partial charge in [0.05, 0.1) is 6.61 Å². The van der Waals surface area contributed by atoms with Crippen LogP contribution < -0.4 is 0 Å². The molecule has 2 nitrogen and oxygen atoms in total. The zero-order chi connectivity index (χ0) is 12.9. The first-order chi connectivity index (χ1) is 8.93. The molecule has 0 spiro atoms. The second-order valence-electron chi connectivity index (χ2n) is 4.05. The fraction of sp³-hybridized carbons (Fsp3) is 0.438. The van der Waals surface area contributed by atoms with Crippen molar-refractivity contribution in [2.75, 3.05) is 6.61 Å². The van der Waals surface area contributed by atoms with E-state index in [-0.39, 0.29) is 0 Å². The van der Waals surface area contributed by atoms with Gasteiger partial charge in [0.1, 0.15) is 6.29 Å². The van der Waals surface area contributed by atoms with E-state index in [1.807, 2.05) is 18.2 Å². The maximum atomic E-state index is 10.0. The molecule has 2 heteroatoms. The highest BCUT2D eigenvalue weighted by Gasteiger charge is 1.91. The van der Waals surface area contributed by atoms with Crippen LogP contribution in [0.2, 0.25) is 0 Å². The molecule has 0 aliphatic heterocycles. The van der Waals surface area contributed by atoms with Crippen LogP contribution in [0.1, 0.15) is 37.7 Å². The molecule has 1 aromatic rings. The van der Waals surface area contributed by atoms with E-state index in [9.17, 15) is 4.79 Å². The first-order valence-corrected chi connectivity index (χ1v) is 6.44. The Morgan fingerprint density at radius 2 is 1.83 bits per heavy atom. The van der Waals surface area contributed by atoms with Crippen molar-refractivity contribution < 1.29 is 9.53 Å². The monoisotopic (exact) mass is 244 g/mol. The molecule has 0 saturated heterocycles. The van der Waals surface area contributed by atoms with Crippen LogP contribution in [0.3, 0.4) is 0 Å². The Bertz CT molecular complexity index is 373. The molecule has 0 atom stereocenters. The third-order valence-corrected chi connectivity index (χ3v) is 2.46. The van der Waals surface area contributed by atoms with Gasteiger partial charge in [-0.05, 0) is 18.4 Å². The highest BCUT2D eigenvalue weighted by atomic mass is 16.5. The molecule has 0 fully saturated rings. The molecule has 0 heterocycles. The van der Waals surface area contributed by atoms with Gasteiger partial charge in [0.2, 0.25) is 0 Å². The Balaban J connectivity index is 1.92. The van der Waals surface area contributed by atoms with E-state index in [4.69, 9.17) is 4.74 Å². The third kappa shape index (κ3) is 7.65. The van der Waals surface area contributed by atoms with Crippen LogP contribution >= 0.6 is 0 Å². The summed E-state index contributed by atoms with van der Waals surface area (Å²) in [6, 6.07) is 10.2. The molecule has 0 N–H and O–H groups in total. The molecule has 0 unspecified atom stereocenters. The lowest BCUT2D eigenvalue weighted by Gasteiger charge is -2.02. The number of carbonyl (C=O) groups excluding carboxylic acids is 1. The number of hydrogen-bond acceptors (Lipinski definition) is 2. The fourth-order valence-electron chi connectivity index (χ4n) is 1.49. The summed E-state index contributed by atoms with van der Waals surface area (Å²) >= 11 is 0. The van der Waals surface area contributed by atoms with E-state index in [2.05, 4.69) is 24.0 Å². The van der Waals surface area contributed by atoms with E-state index in [0.29, 0.717) is 19.4 Å². The molecule has 0 aliphatic rings. The van der Waals surface area contributed by atoms with Gasteiger partial charge in [-0.3, -0.25) is 0 Å². The maximum Gasteiger partial charge on any atom is 0.120 e. The molecule has 0 saturated carbocycles. The largest absolute Gasteiger partial charge is 0.377 e. The lowest BCUT2D eigenvalue weighted by Crippen LogP contribution is -1.95. The topological polar surface area (TPSA) is 26.3 Å². The summed E-state index contributed by atoms with van der Waals surface area (Å²) in [7, 11) is 0. The molecule has 0 aliphatic carbocycles. The van der Waals surface area contributed by atoms with Crippen molar-refractivity contribution >= 4 is 6.29 Å². The average Bonchev–Trinajstić information content (AvgIpc) is 2.42. The van der Waals surface area contributed by atoms with Crippen LogP contribution in [-0.4, -0.2) is 12.9 Å². The number of benzene rings is 1. The first kappa shape index (κ1) is 14.5. The van der Waals surface area contributed by atoms with Crippen molar-refractivity contribution in [2.24, 2.45) is 0 Å². The van der Waals surface area contributed by atoms with E-state index in [1.54, 1.807) is 0 Å². The Morgan fingerprint density at radius 3 is 2.61 bits per heavy atom. The summed E-state index contributed by atoms with van der Waals surface area (Å²) in [6.07, 6.45) is 5.14. The van der Waals surface area contributed by atoms with Crippen LogP contribution in [0.25, 0.3) is 0 Å². The van der Waals surface area contributed by atoms with Crippen LogP contribution in [0, 0.1) is 11.8 Å². The van der Waals surface area contributed by atoms with Gasteiger partial charge in [-0.25, -0.2) is 0 Å². The van der Waals surface area contributed by atoms with E-state index < -0.39 is 0 Å². The van der Waals surface area contributed by atoms with Gasteiger partial charge in [-0.2, -0.15) is 0 Å². The van der Waals surface area contributed by atoms with Gasteiger partial charge in [0.25, 0.3) is 0 Å². The lowest BCUT2D eigenvalue weighted by atomic mass is 10.2. The van der Waals surface area contributed by atoms with Gasteiger partial charge in [0, 0.05) is 25.9 Å². The maximum absolute atomic E-state index is 10.0. The molecule has 1 aromatic carbocycles. The van der Waals surface area contributed by atoms with Crippen molar-refractivity contribution in [1.82, 2.24) is 0 Å². The Hall–Kier alpha value is -1.59. The number of ether oxygens (including phenoxy) is 1. The van der Waals surface area contributed by atoms with Crippen LogP contribution in [0.4, 0.5) is 0 Å². The number of aldehydes is 1. The average molecular weight is 244 g/mol. The van der Waals surface area contributed by atoms with Crippen molar-refractivity contribution in [1.29, 1.82) is 0 Å². The highest BCUT2D eigenvalue weighted by Crippen LogP contribution is 2.02. The van der Waals surface area contributed by atoms with Gasteiger partial charge >= 0.3 is 0 Å². The van der Waals surface area contributed by atoms with Crippen molar-refractivity contribution in [2.45, 2.75) is 38.7 Å². The standard InChI is InChI=1S/C16H20O2/c17-13-9-4-2-1-3-5-10-14-18-15-16-11-7-6-8-12-16/h6-8,11-13H,3-5,9-10,14-15H2. The van der Waals surface area contributed by atoms with Crippen LogP contribution in [-0.2, 0) is 16.1 Å². The zero-order valence-electron chi connectivity index (χ0n) is 10.7. The Morgan fingerprint density at radius 1 is 1.06 bits per heavy atom. The summed E-state index contributed by atoms with van der Waals surface area (Å²) in [4.78, 5) is 10.0. The minimum Gasteiger partial charge on any atom is -0.377 e. The molecule has 18 heavy (non-hydrogen) atoms. The van der Waals surface area contributed by atoms with Crippen LogP contribution in [0.5, 0.6) is 0 Å². The smallest absolute Gasteiger partial charge is 0.120 e. The normalized spacial score (nSPS) is 9.56. The van der Waals surface area contributed by atoms with E-state index >= 15 is 0 Å². The lowest BCUT2D eigenvalue weighted by molar-refractivity contribution is -0.107. The predicted octanol–water partition coefficient (Wildman–Crippen LogP) is 3.36. The number of rotatable bonds is 8. The fourth-order valence-corrected chi connectivity index (χ4v) is 1.49. The second kappa shape index (κ2) is 10.6. The predicted molar refractivity (Wildman–Crippen MR) is 73.0 cm³/mol. The SMILES string of the molecule is O=CCCC#CCCCCOCc1ccccc1. The van der Waals surface area contributed by atoms with Gasteiger partial charge in [-0.15, -0.1) is 11.8 Å². The third-order valence-electron chi connectivity index (χ3n) is 2.46. The summed E-state index contributed by atoms with van der Waals surface area (Å²) in [5.41, 5.74) is 1.21. The Kier molecular flexibility index (Phi) is 8.49. The molecular formula is C16H20O2. The quantitative estimate of drug-likeness (QED) is 0.398. The minimum atomic E-state index is 0.549. The van der Waals surface area contributed by atoms with Crippen molar-refractivity contribution in [3.05, 3.63) is 35.9 Å².